The third-order valence-corrected chi connectivity index (χ3v) is 13.9. The van der Waals surface area contributed by atoms with Crippen LogP contribution in [0.5, 0.6) is 0 Å². The maximum absolute atomic E-state index is 12.8. The Morgan fingerprint density at radius 3 is 0.838 bits per heavy atom. The number of allylic oxidation sites excluding steroid dienone is 21. The van der Waals surface area contributed by atoms with Crippen LogP contribution in [0.3, 0.4) is 0 Å². The molecular weight excluding hydrogens is 985 g/mol. The predicted octanol–water partition coefficient (Wildman–Crippen LogP) is 22.9. The lowest BCUT2D eigenvalue weighted by Crippen LogP contribution is -2.30. The SMILES string of the molecule is CC/C=C\C/C=C\C/C=C\C/C=C\C/C=C\CCCCCCCCCCCCCCCCCCCC(=O)OCC(COC(=O)CCCCCCC/C=C\CCCCCCC)OC(=O)C/C=C\C/C=C\C/C=C\C/C=C\C/C=C\CC. The number of unbranched alkanes of at least 4 members (excludes halogenated alkanes) is 27. The molecule has 0 heterocycles. The van der Waals surface area contributed by atoms with Gasteiger partial charge in [0.15, 0.2) is 6.10 Å². The van der Waals surface area contributed by atoms with Crippen LogP contribution in [0, 0.1) is 0 Å². The van der Waals surface area contributed by atoms with E-state index in [2.05, 4.69) is 142 Å². The average Bonchev–Trinajstić information content (AvgIpc) is 3.46. The maximum Gasteiger partial charge on any atom is 0.310 e. The van der Waals surface area contributed by atoms with Crippen LogP contribution in [-0.2, 0) is 28.6 Å². The molecule has 6 nitrogen and oxygen atoms in total. The van der Waals surface area contributed by atoms with E-state index in [9.17, 15) is 14.4 Å². The zero-order valence-electron chi connectivity index (χ0n) is 52.0. The Labute approximate surface area is 494 Å². The fraction of sp³-hybridized carbons (Fsp3) is 0.662. The van der Waals surface area contributed by atoms with Crippen molar-refractivity contribution < 1.29 is 28.6 Å². The van der Waals surface area contributed by atoms with E-state index in [1.54, 1.807) is 6.08 Å². The lowest BCUT2D eigenvalue weighted by atomic mass is 10.0. The number of rotatable bonds is 59. The zero-order valence-corrected chi connectivity index (χ0v) is 52.0. The van der Waals surface area contributed by atoms with Crippen LogP contribution in [0.1, 0.15) is 297 Å². The minimum atomic E-state index is -0.838. The number of carbonyl (C=O) groups excluding carboxylic acids is 3. The van der Waals surface area contributed by atoms with Gasteiger partial charge in [-0.15, -0.1) is 0 Å². The third kappa shape index (κ3) is 64.4. The summed E-state index contributed by atoms with van der Waals surface area (Å²) in [6.45, 7) is 6.32. The first-order chi connectivity index (χ1) is 39.5. The highest BCUT2D eigenvalue weighted by molar-refractivity contribution is 5.72. The molecule has 0 radical (unpaired) electrons. The number of ether oxygens (including phenoxy) is 3. The molecule has 0 saturated heterocycles. The molecule has 0 aliphatic rings. The first-order valence-corrected chi connectivity index (χ1v) is 33.2. The summed E-state index contributed by atoms with van der Waals surface area (Å²) < 4.78 is 16.8. The minimum Gasteiger partial charge on any atom is -0.462 e. The van der Waals surface area contributed by atoms with Crippen LogP contribution < -0.4 is 0 Å². The maximum atomic E-state index is 12.8. The fourth-order valence-corrected chi connectivity index (χ4v) is 9.01. The molecule has 454 valence electrons. The number of esters is 3. The Kier molecular flexibility index (Phi) is 63.3. The second-order valence-electron chi connectivity index (χ2n) is 21.6. The van der Waals surface area contributed by atoms with Gasteiger partial charge in [0.1, 0.15) is 13.2 Å². The van der Waals surface area contributed by atoms with Crippen LogP contribution in [0.25, 0.3) is 0 Å². The summed E-state index contributed by atoms with van der Waals surface area (Å²) in [5.41, 5.74) is 0. The van der Waals surface area contributed by atoms with E-state index in [0.717, 1.165) is 116 Å². The number of hydrogen-bond donors (Lipinski definition) is 0. The van der Waals surface area contributed by atoms with Gasteiger partial charge in [0, 0.05) is 12.8 Å². The van der Waals surface area contributed by atoms with Crippen molar-refractivity contribution in [3.63, 3.8) is 0 Å². The van der Waals surface area contributed by atoms with Crippen LogP contribution in [0.15, 0.2) is 134 Å². The van der Waals surface area contributed by atoms with E-state index in [-0.39, 0.29) is 31.6 Å². The summed E-state index contributed by atoms with van der Waals surface area (Å²) in [6, 6.07) is 0. The van der Waals surface area contributed by atoms with Gasteiger partial charge < -0.3 is 14.2 Å². The second-order valence-corrected chi connectivity index (χ2v) is 21.6. The fourth-order valence-electron chi connectivity index (χ4n) is 9.01. The van der Waals surface area contributed by atoms with Gasteiger partial charge in [-0.1, -0.05) is 296 Å². The molecule has 1 atom stereocenters. The van der Waals surface area contributed by atoms with E-state index >= 15 is 0 Å². The summed E-state index contributed by atoms with van der Waals surface area (Å²) >= 11 is 0. The largest absolute Gasteiger partial charge is 0.462 e. The molecule has 0 aliphatic heterocycles. The highest BCUT2D eigenvalue weighted by atomic mass is 16.6. The van der Waals surface area contributed by atoms with Gasteiger partial charge in [-0.25, -0.2) is 0 Å². The minimum absolute atomic E-state index is 0.0930. The van der Waals surface area contributed by atoms with Crippen molar-refractivity contribution in [3.05, 3.63) is 134 Å². The predicted molar refractivity (Wildman–Crippen MR) is 348 cm³/mol. The Morgan fingerprint density at radius 1 is 0.275 bits per heavy atom. The lowest BCUT2D eigenvalue weighted by molar-refractivity contribution is -0.166. The van der Waals surface area contributed by atoms with Gasteiger partial charge in [0.25, 0.3) is 0 Å². The molecule has 0 aromatic carbocycles. The molecule has 0 amide bonds. The monoisotopic (exact) mass is 1110 g/mol. The van der Waals surface area contributed by atoms with Crippen molar-refractivity contribution >= 4 is 17.9 Å². The molecule has 80 heavy (non-hydrogen) atoms. The van der Waals surface area contributed by atoms with Gasteiger partial charge in [-0.3, -0.25) is 14.4 Å². The zero-order chi connectivity index (χ0) is 57.8. The number of hydrogen-bond acceptors (Lipinski definition) is 6. The van der Waals surface area contributed by atoms with Crippen molar-refractivity contribution in [2.45, 2.75) is 303 Å². The van der Waals surface area contributed by atoms with Crippen molar-refractivity contribution in [3.8, 4) is 0 Å². The van der Waals surface area contributed by atoms with Crippen molar-refractivity contribution in [1.29, 1.82) is 0 Å². The van der Waals surface area contributed by atoms with E-state index in [1.807, 2.05) is 6.08 Å². The molecule has 0 saturated carbocycles. The van der Waals surface area contributed by atoms with E-state index in [4.69, 9.17) is 14.2 Å². The van der Waals surface area contributed by atoms with Gasteiger partial charge in [-0.2, -0.15) is 0 Å². The third-order valence-electron chi connectivity index (χ3n) is 13.9. The molecule has 0 spiro atoms. The van der Waals surface area contributed by atoms with Crippen molar-refractivity contribution in [1.82, 2.24) is 0 Å². The van der Waals surface area contributed by atoms with Gasteiger partial charge in [0.05, 0.1) is 6.42 Å². The highest BCUT2D eigenvalue weighted by Gasteiger charge is 2.19. The summed E-state index contributed by atoms with van der Waals surface area (Å²) in [4.78, 5) is 38.2. The molecule has 6 heteroatoms. The van der Waals surface area contributed by atoms with E-state index in [0.29, 0.717) is 12.8 Å². The second kappa shape index (κ2) is 67.1. The van der Waals surface area contributed by atoms with Gasteiger partial charge >= 0.3 is 17.9 Å². The van der Waals surface area contributed by atoms with Crippen LogP contribution >= 0.6 is 0 Å². The van der Waals surface area contributed by atoms with Gasteiger partial charge in [-0.05, 0) is 116 Å². The van der Waals surface area contributed by atoms with E-state index in [1.165, 1.54) is 141 Å². The molecule has 0 aromatic heterocycles. The molecule has 0 fully saturated rings. The number of carbonyl (C=O) groups is 3. The van der Waals surface area contributed by atoms with Crippen LogP contribution in [-0.4, -0.2) is 37.2 Å². The Morgan fingerprint density at radius 2 is 0.525 bits per heavy atom. The summed E-state index contributed by atoms with van der Waals surface area (Å²) in [7, 11) is 0. The quantitative estimate of drug-likeness (QED) is 0.0261. The van der Waals surface area contributed by atoms with E-state index < -0.39 is 12.1 Å². The molecule has 0 bridgehead atoms. The molecule has 0 N–H and O–H groups in total. The topological polar surface area (TPSA) is 78.9 Å². The highest BCUT2D eigenvalue weighted by Crippen LogP contribution is 2.16. The van der Waals surface area contributed by atoms with Crippen molar-refractivity contribution in [2.75, 3.05) is 13.2 Å². The Balaban J connectivity index is 4.24. The molecule has 1 unspecified atom stereocenters. The lowest BCUT2D eigenvalue weighted by Gasteiger charge is -2.18. The first-order valence-electron chi connectivity index (χ1n) is 33.2. The average molecular weight is 1110 g/mol. The molecular formula is C74H122O6. The first kappa shape index (κ1) is 75.5. The Hall–Kier alpha value is -4.45. The van der Waals surface area contributed by atoms with Crippen molar-refractivity contribution in [2.24, 2.45) is 0 Å². The van der Waals surface area contributed by atoms with Crippen LogP contribution in [0.2, 0.25) is 0 Å². The summed E-state index contributed by atoms with van der Waals surface area (Å²) in [5.74, 6) is -1.05. The van der Waals surface area contributed by atoms with Crippen LogP contribution in [0.4, 0.5) is 0 Å². The molecule has 0 aliphatic carbocycles. The summed E-state index contributed by atoms with van der Waals surface area (Å²) in [6.07, 6.45) is 95.1. The summed E-state index contributed by atoms with van der Waals surface area (Å²) in [5, 5.41) is 0. The normalized spacial score (nSPS) is 13.0. The standard InChI is InChI=1S/C74H122O6/c1-4-7-10-13-16-19-22-25-28-29-30-31-32-33-34-35-36-37-38-39-40-41-42-43-44-45-47-49-52-55-58-61-64-67-73(76)79-70-71(69-78-72(75)66-63-60-57-54-51-48-27-24-21-18-15-12-9-6-3)80-74(77)68-65-62-59-56-53-50-46-26-23-20-17-14-11-8-5-2/h7-8,10-11,16-17,19-20,24-28,30-31,33-34,46,53,56,62,65,71H,4-6,9,12-15,18,21-23,29,32,35-45,47-52,54-55,57-61,63-64,66-70H2,1-3H3/b10-7-,11-8-,19-16-,20-17-,27-24-,28-25-,31-30-,34-33-,46-26-,56-53-,65-62-. The molecule has 0 aromatic rings. The Bertz CT molecular complexity index is 1700. The smallest absolute Gasteiger partial charge is 0.310 e. The van der Waals surface area contributed by atoms with Gasteiger partial charge in [0.2, 0.25) is 0 Å². The molecule has 0 rings (SSSR count).